The van der Waals surface area contributed by atoms with Crippen LogP contribution in [0.5, 0.6) is 0 Å². The number of hydrogen-bond acceptors (Lipinski definition) is 6. The van der Waals surface area contributed by atoms with Gasteiger partial charge in [0.25, 0.3) is 5.56 Å². The van der Waals surface area contributed by atoms with Crippen molar-refractivity contribution < 1.29 is 0 Å². The number of rotatable bonds is 2. The maximum absolute atomic E-state index is 12.3. The Morgan fingerprint density at radius 2 is 1.85 bits per heavy atom. The number of fused-ring (bicyclic) bond motifs is 1. The first-order valence-corrected chi connectivity index (χ1v) is 8.60. The van der Waals surface area contributed by atoms with Gasteiger partial charge >= 0.3 is 0 Å². The van der Waals surface area contributed by atoms with Crippen molar-refractivity contribution in [2.45, 2.75) is 6.42 Å². The van der Waals surface area contributed by atoms with E-state index in [0.717, 1.165) is 25.3 Å². The highest BCUT2D eigenvalue weighted by Gasteiger charge is 2.20. The van der Waals surface area contributed by atoms with E-state index in [0.29, 0.717) is 35.5 Å². The van der Waals surface area contributed by atoms with Gasteiger partial charge in [-0.3, -0.25) is 9.78 Å². The SMILES string of the molecule is N#Cc1cccnc1N1CCCN(c2nc3ccccc3c(=O)[nH]2)CC1. The van der Waals surface area contributed by atoms with Crippen LogP contribution in [0.2, 0.25) is 0 Å². The molecule has 0 amide bonds. The average molecular weight is 346 g/mol. The Labute approximate surface area is 150 Å². The molecule has 4 rings (SSSR count). The fourth-order valence-electron chi connectivity index (χ4n) is 3.30. The van der Waals surface area contributed by atoms with Crippen molar-refractivity contribution in [1.29, 1.82) is 5.26 Å². The number of nitriles is 1. The van der Waals surface area contributed by atoms with Crippen LogP contribution in [-0.2, 0) is 0 Å². The third-order valence-corrected chi connectivity index (χ3v) is 4.60. The molecule has 26 heavy (non-hydrogen) atoms. The van der Waals surface area contributed by atoms with E-state index in [9.17, 15) is 10.1 Å². The number of hydrogen-bond donors (Lipinski definition) is 1. The van der Waals surface area contributed by atoms with Crippen molar-refractivity contribution in [2.24, 2.45) is 0 Å². The lowest BCUT2D eigenvalue weighted by molar-refractivity contribution is 0.782. The van der Waals surface area contributed by atoms with Crippen LogP contribution in [-0.4, -0.2) is 41.1 Å². The number of H-pyrrole nitrogens is 1. The van der Waals surface area contributed by atoms with E-state index in [4.69, 9.17) is 0 Å². The van der Waals surface area contributed by atoms with E-state index in [1.165, 1.54) is 0 Å². The van der Waals surface area contributed by atoms with E-state index in [1.807, 2.05) is 18.2 Å². The zero-order chi connectivity index (χ0) is 17.9. The normalized spacial score (nSPS) is 14.9. The van der Waals surface area contributed by atoms with Crippen molar-refractivity contribution in [3.8, 4) is 6.07 Å². The van der Waals surface area contributed by atoms with Crippen LogP contribution in [0.15, 0.2) is 47.4 Å². The van der Waals surface area contributed by atoms with Gasteiger partial charge in [0.05, 0.1) is 16.5 Å². The second kappa shape index (κ2) is 6.84. The number of para-hydroxylation sites is 1. The molecular weight excluding hydrogens is 328 g/mol. The van der Waals surface area contributed by atoms with Crippen molar-refractivity contribution in [2.75, 3.05) is 36.0 Å². The van der Waals surface area contributed by atoms with Gasteiger partial charge in [0, 0.05) is 32.4 Å². The molecule has 1 fully saturated rings. The fraction of sp³-hybridized carbons (Fsp3) is 0.263. The maximum atomic E-state index is 12.3. The third-order valence-electron chi connectivity index (χ3n) is 4.60. The lowest BCUT2D eigenvalue weighted by Crippen LogP contribution is -2.33. The summed E-state index contributed by atoms with van der Waals surface area (Å²) in [7, 11) is 0. The fourth-order valence-corrected chi connectivity index (χ4v) is 3.30. The molecule has 0 aliphatic carbocycles. The van der Waals surface area contributed by atoms with Gasteiger partial charge in [-0.1, -0.05) is 12.1 Å². The smallest absolute Gasteiger partial charge is 0.260 e. The van der Waals surface area contributed by atoms with Crippen molar-refractivity contribution >= 4 is 22.7 Å². The summed E-state index contributed by atoms with van der Waals surface area (Å²) in [6, 6.07) is 13.1. The Morgan fingerprint density at radius 1 is 1.04 bits per heavy atom. The van der Waals surface area contributed by atoms with E-state index < -0.39 is 0 Å². The average Bonchev–Trinajstić information content (AvgIpc) is 2.94. The molecule has 1 saturated heterocycles. The molecule has 0 atom stereocenters. The maximum Gasteiger partial charge on any atom is 0.260 e. The minimum Gasteiger partial charge on any atom is -0.354 e. The summed E-state index contributed by atoms with van der Waals surface area (Å²) in [5.41, 5.74) is 1.16. The van der Waals surface area contributed by atoms with Crippen molar-refractivity contribution in [1.82, 2.24) is 15.0 Å². The molecule has 0 saturated carbocycles. The topological polar surface area (TPSA) is 88.9 Å². The highest BCUT2D eigenvalue weighted by molar-refractivity contribution is 5.78. The van der Waals surface area contributed by atoms with Crippen LogP contribution in [0.4, 0.5) is 11.8 Å². The summed E-state index contributed by atoms with van der Waals surface area (Å²) in [4.78, 5) is 28.4. The third kappa shape index (κ3) is 2.97. The monoisotopic (exact) mass is 346 g/mol. The Bertz CT molecular complexity index is 1040. The second-order valence-electron chi connectivity index (χ2n) is 6.22. The van der Waals surface area contributed by atoms with Gasteiger partial charge in [0.2, 0.25) is 5.95 Å². The number of benzene rings is 1. The number of aromatic amines is 1. The molecule has 3 aromatic rings. The summed E-state index contributed by atoms with van der Waals surface area (Å²) in [6.07, 6.45) is 2.60. The summed E-state index contributed by atoms with van der Waals surface area (Å²) < 4.78 is 0. The van der Waals surface area contributed by atoms with Gasteiger partial charge in [-0.25, -0.2) is 9.97 Å². The number of pyridine rings is 1. The molecule has 1 N–H and O–H groups in total. The summed E-state index contributed by atoms with van der Waals surface area (Å²) >= 11 is 0. The minimum absolute atomic E-state index is 0.122. The lowest BCUT2D eigenvalue weighted by Gasteiger charge is -2.23. The molecule has 7 heteroatoms. The largest absolute Gasteiger partial charge is 0.354 e. The first-order chi connectivity index (χ1) is 12.8. The molecule has 0 radical (unpaired) electrons. The molecule has 0 unspecified atom stereocenters. The summed E-state index contributed by atoms with van der Waals surface area (Å²) in [6.45, 7) is 3.00. The lowest BCUT2D eigenvalue weighted by atomic mass is 10.2. The van der Waals surface area contributed by atoms with Crippen LogP contribution in [0.3, 0.4) is 0 Å². The van der Waals surface area contributed by atoms with Gasteiger partial charge in [0.15, 0.2) is 0 Å². The zero-order valence-electron chi connectivity index (χ0n) is 14.2. The van der Waals surface area contributed by atoms with Gasteiger partial charge in [-0.15, -0.1) is 0 Å². The van der Waals surface area contributed by atoms with E-state index in [-0.39, 0.29) is 5.56 Å². The Balaban J connectivity index is 1.60. The second-order valence-corrected chi connectivity index (χ2v) is 6.22. The quantitative estimate of drug-likeness (QED) is 0.762. The molecule has 3 heterocycles. The highest BCUT2D eigenvalue weighted by Crippen LogP contribution is 2.20. The number of nitrogens with one attached hydrogen (secondary N) is 1. The molecule has 2 aromatic heterocycles. The predicted octanol–water partition coefficient (Wildman–Crippen LogP) is 1.91. The summed E-state index contributed by atoms with van der Waals surface area (Å²) in [5.74, 6) is 1.31. The predicted molar refractivity (Wildman–Crippen MR) is 100 cm³/mol. The highest BCUT2D eigenvalue weighted by atomic mass is 16.1. The van der Waals surface area contributed by atoms with Crippen LogP contribution in [0.25, 0.3) is 10.9 Å². The summed E-state index contributed by atoms with van der Waals surface area (Å²) in [5, 5.41) is 9.90. The zero-order valence-corrected chi connectivity index (χ0v) is 14.2. The Hall–Kier alpha value is -3.40. The number of anilines is 2. The molecule has 1 aliphatic rings. The van der Waals surface area contributed by atoms with Crippen LogP contribution in [0, 0.1) is 11.3 Å². The molecule has 1 aromatic carbocycles. The van der Waals surface area contributed by atoms with Crippen LogP contribution in [0.1, 0.15) is 12.0 Å². The first-order valence-electron chi connectivity index (χ1n) is 8.60. The van der Waals surface area contributed by atoms with Gasteiger partial charge in [0.1, 0.15) is 11.9 Å². The molecule has 130 valence electrons. The van der Waals surface area contributed by atoms with E-state index in [2.05, 4.69) is 30.8 Å². The van der Waals surface area contributed by atoms with Crippen molar-refractivity contribution in [3.05, 3.63) is 58.5 Å². The first kappa shape index (κ1) is 16.1. The van der Waals surface area contributed by atoms with E-state index >= 15 is 0 Å². The number of aromatic nitrogens is 3. The molecule has 0 bridgehead atoms. The van der Waals surface area contributed by atoms with Crippen molar-refractivity contribution in [3.63, 3.8) is 0 Å². The molecule has 1 aliphatic heterocycles. The molecular formula is C19H18N6O. The van der Waals surface area contributed by atoms with E-state index in [1.54, 1.807) is 24.4 Å². The minimum atomic E-state index is -0.122. The standard InChI is InChI=1S/C19H18N6O/c20-13-14-5-3-8-21-17(14)24-9-4-10-25(12-11-24)19-22-16-7-2-1-6-15(16)18(26)23-19/h1-3,5-8H,4,9-12H2,(H,22,23,26). The van der Waals surface area contributed by atoms with Crippen LogP contribution < -0.4 is 15.4 Å². The number of nitrogens with zero attached hydrogens (tertiary/aromatic N) is 5. The molecule has 7 nitrogen and oxygen atoms in total. The molecule has 0 spiro atoms. The van der Waals surface area contributed by atoms with Gasteiger partial charge in [-0.05, 0) is 30.7 Å². The van der Waals surface area contributed by atoms with Gasteiger partial charge < -0.3 is 9.80 Å². The van der Waals surface area contributed by atoms with Gasteiger partial charge in [-0.2, -0.15) is 5.26 Å². The Kier molecular flexibility index (Phi) is 4.23. The van der Waals surface area contributed by atoms with Crippen LogP contribution >= 0.6 is 0 Å². The Morgan fingerprint density at radius 3 is 2.73 bits per heavy atom.